The highest BCUT2D eigenvalue weighted by Crippen LogP contribution is 2.29. The van der Waals surface area contributed by atoms with Crippen LogP contribution in [0.25, 0.3) is 0 Å². The van der Waals surface area contributed by atoms with Gasteiger partial charge in [-0.25, -0.2) is 0 Å². The number of thiophene rings is 1. The fourth-order valence-corrected chi connectivity index (χ4v) is 2.77. The van der Waals surface area contributed by atoms with E-state index in [2.05, 4.69) is 23.6 Å². The molecule has 2 rings (SSSR count). The monoisotopic (exact) mass is 266 g/mol. The van der Waals surface area contributed by atoms with Crippen LogP contribution in [0.2, 0.25) is 0 Å². The second-order valence-electron chi connectivity index (χ2n) is 3.87. The summed E-state index contributed by atoms with van der Waals surface area (Å²) < 4.78 is 5.13. The summed E-state index contributed by atoms with van der Waals surface area (Å²) in [6.07, 6.45) is 1.96. The third-order valence-electron chi connectivity index (χ3n) is 2.70. The summed E-state index contributed by atoms with van der Waals surface area (Å²) in [6, 6.07) is 12.3. The lowest BCUT2D eigenvalue weighted by Gasteiger charge is -2.07. The highest BCUT2D eigenvalue weighted by Gasteiger charge is 2.08. The number of hydrogen-bond acceptors (Lipinski definition) is 2. The van der Waals surface area contributed by atoms with Gasteiger partial charge in [0.25, 0.3) is 0 Å². The van der Waals surface area contributed by atoms with E-state index in [-0.39, 0.29) is 5.38 Å². The van der Waals surface area contributed by atoms with Gasteiger partial charge in [-0.3, -0.25) is 0 Å². The van der Waals surface area contributed by atoms with Gasteiger partial charge in [0.1, 0.15) is 5.75 Å². The molecule has 1 aromatic heterocycles. The molecular formula is C14H15ClOS. The van der Waals surface area contributed by atoms with Gasteiger partial charge in [0.2, 0.25) is 0 Å². The summed E-state index contributed by atoms with van der Waals surface area (Å²) in [5.74, 6) is 0.898. The molecule has 2 aromatic rings. The first-order valence-corrected chi connectivity index (χ1v) is 6.91. The van der Waals surface area contributed by atoms with Crippen molar-refractivity contribution >= 4 is 22.9 Å². The number of alkyl halides is 1. The topological polar surface area (TPSA) is 9.23 Å². The van der Waals surface area contributed by atoms with Crippen molar-refractivity contribution in [3.8, 4) is 5.75 Å². The molecule has 0 N–H and O–H groups in total. The predicted octanol–water partition coefficient (Wildman–Crippen LogP) is 4.67. The van der Waals surface area contributed by atoms with E-state index in [1.165, 1.54) is 10.4 Å². The van der Waals surface area contributed by atoms with E-state index < -0.39 is 0 Å². The van der Waals surface area contributed by atoms with E-state index in [0.717, 1.165) is 18.6 Å². The Bertz CT molecular complexity index is 436. The lowest BCUT2D eigenvalue weighted by Crippen LogP contribution is -1.92. The van der Waals surface area contributed by atoms with Crippen molar-refractivity contribution in [3.63, 3.8) is 0 Å². The summed E-state index contributed by atoms with van der Waals surface area (Å²) in [7, 11) is 1.68. The second kappa shape index (κ2) is 6.08. The van der Waals surface area contributed by atoms with Crippen molar-refractivity contribution < 1.29 is 4.74 Å². The van der Waals surface area contributed by atoms with Crippen LogP contribution in [0.15, 0.2) is 41.8 Å². The van der Waals surface area contributed by atoms with Crippen molar-refractivity contribution in [2.24, 2.45) is 0 Å². The molecule has 17 heavy (non-hydrogen) atoms. The van der Waals surface area contributed by atoms with Crippen LogP contribution in [0.5, 0.6) is 5.75 Å². The van der Waals surface area contributed by atoms with Gasteiger partial charge in [0.05, 0.1) is 12.5 Å². The molecule has 0 spiro atoms. The zero-order valence-electron chi connectivity index (χ0n) is 9.73. The van der Waals surface area contributed by atoms with Gasteiger partial charge in [0, 0.05) is 4.88 Å². The molecule has 1 aromatic carbocycles. The highest BCUT2D eigenvalue weighted by atomic mass is 35.5. The van der Waals surface area contributed by atoms with Crippen LogP contribution in [-0.2, 0) is 6.42 Å². The number of benzene rings is 1. The zero-order valence-corrected chi connectivity index (χ0v) is 11.3. The molecule has 1 unspecified atom stereocenters. The molecule has 0 saturated carbocycles. The van der Waals surface area contributed by atoms with Gasteiger partial charge in [-0.15, -0.1) is 22.9 Å². The number of methoxy groups -OCH3 is 1. The van der Waals surface area contributed by atoms with Gasteiger partial charge in [-0.05, 0) is 42.0 Å². The molecular weight excluding hydrogens is 252 g/mol. The number of hydrogen-bond donors (Lipinski definition) is 0. The van der Waals surface area contributed by atoms with Gasteiger partial charge in [0.15, 0.2) is 0 Å². The second-order valence-corrected chi connectivity index (χ2v) is 5.38. The zero-order chi connectivity index (χ0) is 12.1. The molecule has 1 atom stereocenters. The molecule has 0 amide bonds. The minimum Gasteiger partial charge on any atom is -0.497 e. The molecule has 90 valence electrons. The third-order valence-corrected chi connectivity index (χ3v) is 4.27. The standard InChI is InChI=1S/C14H15ClOS/c1-16-12-7-4-11(5-8-12)6-9-13(15)14-3-2-10-17-14/h2-5,7-8,10,13H,6,9H2,1H3. The molecule has 1 heterocycles. The van der Waals surface area contributed by atoms with Crippen LogP contribution >= 0.6 is 22.9 Å². The van der Waals surface area contributed by atoms with Crippen LogP contribution in [0, 0.1) is 0 Å². The Kier molecular flexibility index (Phi) is 4.46. The Morgan fingerprint density at radius 1 is 1.24 bits per heavy atom. The van der Waals surface area contributed by atoms with E-state index in [0.29, 0.717) is 0 Å². The fourth-order valence-electron chi connectivity index (χ4n) is 1.70. The minimum atomic E-state index is 0.122. The molecule has 0 aliphatic carbocycles. The van der Waals surface area contributed by atoms with E-state index in [1.807, 2.05) is 18.2 Å². The average Bonchev–Trinajstić information content (AvgIpc) is 2.90. The summed E-state index contributed by atoms with van der Waals surface area (Å²) in [5, 5.41) is 2.19. The van der Waals surface area contributed by atoms with Crippen molar-refractivity contribution in [2.45, 2.75) is 18.2 Å². The average molecular weight is 267 g/mol. The Morgan fingerprint density at radius 3 is 2.59 bits per heavy atom. The van der Waals surface area contributed by atoms with Crippen LogP contribution in [0.1, 0.15) is 22.2 Å². The van der Waals surface area contributed by atoms with Crippen molar-refractivity contribution in [3.05, 3.63) is 52.2 Å². The minimum absolute atomic E-state index is 0.122. The largest absolute Gasteiger partial charge is 0.497 e. The van der Waals surface area contributed by atoms with Crippen molar-refractivity contribution in [1.82, 2.24) is 0 Å². The third kappa shape index (κ3) is 3.48. The molecule has 0 fully saturated rings. The van der Waals surface area contributed by atoms with Crippen molar-refractivity contribution in [1.29, 1.82) is 0 Å². The van der Waals surface area contributed by atoms with Crippen LogP contribution in [-0.4, -0.2) is 7.11 Å². The normalized spacial score (nSPS) is 12.4. The highest BCUT2D eigenvalue weighted by molar-refractivity contribution is 7.10. The maximum absolute atomic E-state index is 6.34. The van der Waals surface area contributed by atoms with Crippen LogP contribution in [0.3, 0.4) is 0 Å². The van der Waals surface area contributed by atoms with Gasteiger partial charge in [-0.1, -0.05) is 18.2 Å². The molecule has 0 aliphatic rings. The predicted molar refractivity (Wildman–Crippen MR) is 74.2 cm³/mol. The quantitative estimate of drug-likeness (QED) is 0.715. The summed E-state index contributed by atoms with van der Waals surface area (Å²) in [6.45, 7) is 0. The smallest absolute Gasteiger partial charge is 0.118 e. The van der Waals surface area contributed by atoms with Crippen LogP contribution < -0.4 is 4.74 Å². The molecule has 0 radical (unpaired) electrons. The fraction of sp³-hybridized carbons (Fsp3) is 0.286. The van der Waals surface area contributed by atoms with Gasteiger partial charge < -0.3 is 4.74 Å². The van der Waals surface area contributed by atoms with Gasteiger partial charge in [-0.2, -0.15) is 0 Å². The molecule has 3 heteroatoms. The molecule has 1 nitrogen and oxygen atoms in total. The first-order valence-electron chi connectivity index (χ1n) is 5.60. The maximum atomic E-state index is 6.34. The van der Waals surface area contributed by atoms with E-state index in [9.17, 15) is 0 Å². The number of ether oxygens (including phenoxy) is 1. The number of rotatable bonds is 5. The number of halogens is 1. The molecule has 0 aliphatic heterocycles. The maximum Gasteiger partial charge on any atom is 0.118 e. The SMILES string of the molecule is COc1ccc(CCC(Cl)c2cccs2)cc1. The summed E-state index contributed by atoms with van der Waals surface area (Å²) in [4.78, 5) is 1.25. The van der Waals surface area contributed by atoms with E-state index in [4.69, 9.17) is 16.3 Å². The van der Waals surface area contributed by atoms with Crippen LogP contribution in [0.4, 0.5) is 0 Å². The van der Waals surface area contributed by atoms with Crippen molar-refractivity contribution in [2.75, 3.05) is 7.11 Å². The van der Waals surface area contributed by atoms with E-state index >= 15 is 0 Å². The lowest BCUT2D eigenvalue weighted by atomic mass is 10.1. The molecule has 0 bridgehead atoms. The Morgan fingerprint density at radius 2 is 2.00 bits per heavy atom. The first kappa shape index (κ1) is 12.5. The lowest BCUT2D eigenvalue weighted by molar-refractivity contribution is 0.414. The van der Waals surface area contributed by atoms with Gasteiger partial charge >= 0.3 is 0 Å². The van der Waals surface area contributed by atoms with E-state index in [1.54, 1.807) is 18.4 Å². The summed E-state index contributed by atoms with van der Waals surface area (Å²) >= 11 is 8.06. The Labute approximate surface area is 111 Å². The number of aryl methyl sites for hydroxylation is 1. The summed E-state index contributed by atoms with van der Waals surface area (Å²) in [5.41, 5.74) is 1.30. The Hall–Kier alpha value is -0.990. The molecule has 0 saturated heterocycles. The first-order chi connectivity index (χ1) is 8.29. The Balaban J connectivity index is 1.89.